The van der Waals surface area contributed by atoms with Crippen LogP contribution >= 0.6 is 27.3 Å². The van der Waals surface area contributed by atoms with E-state index in [4.69, 9.17) is 5.11 Å². The summed E-state index contributed by atoms with van der Waals surface area (Å²) in [7, 11) is 0. The molecule has 4 nitrogen and oxygen atoms in total. The molecular formula is C9H6BrNO3S. The second-order valence-corrected chi connectivity index (χ2v) is 6.18. The Bertz CT molecular complexity index is 492. The van der Waals surface area contributed by atoms with E-state index in [9.17, 15) is 9.59 Å². The molecule has 6 heteroatoms. The number of nitrogens with zero attached hydrogens (tertiary/aromatic N) is 1. The average Bonchev–Trinajstić information content (AvgIpc) is 2.77. The van der Waals surface area contributed by atoms with Crippen LogP contribution in [0.4, 0.5) is 4.79 Å². The van der Waals surface area contributed by atoms with Crippen LogP contribution in [0.1, 0.15) is 28.1 Å². The van der Waals surface area contributed by atoms with Crippen molar-refractivity contribution in [3.63, 3.8) is 0 Å². The minimum absolute atomic E-state index is 0.378. The van der Waals surface area contributed by atoms with Crippen LogP contribution < -0.4 is 0 Å². The SMILES string of the molecule is O=C(O)N1C(=O)c2cc(Br)sc2C12CC2. The van der Waals surface area contributed by atoms with Crippen molar-refractivity contribution in [2.45, 2.75) is 18.4 Å². The molecule has 1 fully saturated rings. The minimum atomic E-state index is -1.14. The molecule has 0 aromatic carbocycles. The van der Waals surface area contributed by atoms with Crippen LogP contribution in [0.15, 0.2) is 9.85 Å². The third kappa shape index (κ3) is 1.01. The average molecular weight is 288 g/mol. The second kappa shape index (κ2) is 2.62. The molecular weight excluding hydrogens is 282 g/mol. The topological polar surface area (TPSA) is 57.6 Å². The van der Waals surface area contributed by atoms with Crippen LogP contribution in [-0.2, 0) is 5.54 Å². The number of halogens is 1. The van der Waals surface area contributed by atoms with E-state index in [1.165, 1.54) is 11.3 Å². The van der Waals surface area contributed by atoms with Crippen molar-refractivity contribution in [3.05, 3.63) is 20.3 Å². The number of carbonyl (C=O) groups excluding carboxylic acids is 1. The van der Waals surface area contributed by atoms with Crippen molar-refractivity contribution < 1.29 is 14.7 Å². The summed E-state index contributed by atoms with van der Waals surface area (Å²) in [5.41, 5.74) is 0.0290. The lowest BCUT2D eigenvalue weighted by Crippen LogP contribution is -2.37. The Kier molecular flexibility index (Phi) is 1.63. The normalized spacial score (nSPS) is 20.9. The van der Waals surface area contributed by atoms with Gasteiger partial charge in [-0.1, -0.05) is 0 Å². The number of thiophene rings is 1. The number of imide groups is 1. The van der Waals surface area contributed by atoms with Crippen molar-refractivity contribution in [1.29, 1.82) is 0 Å². The molecule has 78 valence electrons. The summed E-state index contributed by atoms with van der Waals surface area (Å²) in [4.78, 5) is 24.7. The summed E-state index contributed by atoms with van der Waals surface area (Å²) in [6, 6.07) is 1.71. The van der Waals surface area contributed by atoms with Crippen molar-refractivity contribution in [1.82, 2.24) is 4.90 Å². The predicted molar refractivity (Wildman–Crippen MR) is 57.1 cm³/mol. The zero-order valence-corrected chi connectivity index (χ0v) is 9.89. The Hall–Kier alpha value is -0.880. The van der Waals surface area contributed by atoms with Gasteiger partial charge >= 0.3 is 6.09 Å². The molecule has 2 heterocycles. The zero-order valence-electron chi connectivity index (χ0n) is 7.49. The van der Waals surface area contributed by atoms with E-state index in [2.05, 4.69) is 15.9 Å². The van der Waals surface area contributed by atoms with Crippen molar-refractivity contribution >= 4 is 39.3 Å². The first-order chi connectivity index (χ1) is 7.06. The molecule has 2 aliphatic rings. The van der Waals surface area contributed by atoms with E-state index < -0.39 is 11.6 Å². The second-order valence-electron chi connectivity index (χ2n) is 3.75. The quantitative estimate of drug-likeness (QED) is 0.798. The monoisotopic (exact) mass is 287 g/mol. The highest BCUT2D eigenvalue weighted by Crippen LogP contribution is 2.59. The minimum Gasteiger partial charge on any atom is -0.465 e. The molecule has 0 bridgehead atoms. The predicted octanol–water partition coefficient (Wildman–Crippen LogP) is 2.63. The van der Waals surface area contributed by atoms with E-state index in [0.717, 1.165) is 26.4 Å². The van der Waals surface area contributed by atoms with Crippen LogP contribution in [0.5, 0.6) is 0 Å². The number of hydrogen-bond donors (Lipinski definition) is 1. The molecule has 1 N–H and O–H groups in total. The van der Waals surface area contributed by atoms with Gasteiger partial charge in [0, 0.05) is 4.88 Å². The molecule has 0 unspecified atom stereocenters. The molecule has 0 atom stereocenters. The van der Waals surface area contributed by atoms with E-state index in [1.54, 1.807) is 6.07 Å². The van der Waals surface area contributed by atoms with Gasteiger partial charge in [-0.15, -0.1) is 11.3 Å². The molecule has 1 aromatic heterocycles. The van der Waals surface area contributed by atoms with E-state index in [0.29, 0.717) is 5.56 Å². The number of hydrogen-bond acceptors (Lipinski definition) is 3. The fourth-order valence-corrected chi connectivity index (χ4v) is 3.95. The number of amides is 2. The summed E-state index contributed by atoms with van der Waals surface area (Å²) in [6.45, 7) is 0. The molecule has 1 aliphatic heterocycles. The largest absolute Gasteiger partial charge is 0.465 e. The Morgan fingerprint density at radius 2 is 2.27 bits per heavy atom. The van der Waals surface area contributed by atoms with Gasteiger partial charge in [0.1, 0.15) is 0 Å². The van der Waals surface area contributed by atoms with Crippen LogP contribution in [0.3, 0.4) is 0 Å². The Morgan fingerprint density at radius 1 is 1.60 bits per heavy atom. The molecule has 1 saturated carbocycles. The fraction of sp³-hybridized carbons (Fsp3) is 0.333. The Morgan fingerprint density at radius 3 is 2.80 bits per heavy atom. The Labute approximate surface area is 97.6 Å². The molecule has 1 aliphatic carbocycles. The standard InChI is InChI=1S/C9H6BrNO3S/c10-5-3-4-6(15-5)9(1-2-9)11(7(4)12)8(13)14/h3H,1-2H2,(H,13,14). The smallest absolute Gasteiger partial charge is 0.415 e. The summed E-state index contributed by atoms with van der Waals surface area (Å²) < 4.78 is 0.886. The van der Waals surface area contributed by atoms with Gasteiger partial charge in [-0.25, -0.2) is 9.69 Å². The maximum absolute atomic E-state index is 11.8. The molecule has 0 radical (unpaired) electrons. The first-order valence-corrected chi connectivity index (χ1v) is 6.04. The molecule has 2 amide bonds. The molecule has 0 saturated heterocycles. The van der Waals surface area contributed by atoms with Crippen LogP contribution in [0, 0.1) is 0 Å². The number of carboxylic acid groups (broad SMARTS) is 1. The van der Waals surface area contributed by atoms with Crippen LogP contribution in [-0.4, -0.2) is 22.0 Å². The lowest BCUT2D eigenvalue weighted by Gasteiger charge is -2.18. The van der Waals surface area contributed by atoms with Gasteiger partial charge in [0.25, 0.3) is 5.91 Å². The summed E-state index contributed by atoms with van der Waals surface area (Å²) in [5, 5.41) is 9.02. The highest BCUT2D eigenvalue weighted by Gasteiger charge is 2.61. The third-order valence-electron chi connectivity index (χ3n) is 2.90. The van der Waals surface area contributed by atoms with E-state index >= 15 is 0 Å². The Balaban J connectivity index is 2.20. The third-order valence-corrected chi connectivity index (χ3v) is 4.73. The van der Waals surface area contributed by atoms with E-state index in [-0.39, 0.29) is 5.91 Å². The zero-order chi connectivity index (χ0) is 10.8. The van der Waals surface area contributed by atoms with Gasteiger partial charge in [0.15, 0.2) is 0 Å². The van der Waals surface area contributed by atoms with Crippen LogP contribution in [0.2, 0.25) is 0 Å². The lowest BCUT2D eigenvalue weighted by atomic mass is 10.2. The van der Waals surface area contributed by atoms with Crippen LogP contribution in [0.25, 0.3) is 0 Å². The first kappa shape index (κ1) is 9.35. The van der Waals surface area contributed by atoms with E-state index in [1.807, 2.05) is 0 Å². The van der Waals surface area contributed by atoms with Gasteiger partial charge in [0.2, 0.25) is 0 Å². The highest BCUT2D eigenvalue weighted by atomic mass is 79.9. The first-order valence-electron chi connectivity index (χ1n) is 4.43. The lowest BCUT2D eigenvalue weighted by molar-refractivity contribution is 0.0688. The summed E-state index contributed by atoms with van der Waals surface area (Å²) >= 11 is 4.78. The fourth-order valence-electron chi connectivity index (χ4n) is 2.12. The molecule has 3 rings (SSSR count). The number of rotatable bonds is 0. The molecule has 1 spiro atoms. The van der Waals surface area contributed by atoms with Gasteiger partial charge in [-0.05, 0) is 34.8 Å². The van der Waals surface area contributed by atoms with Gasteiger partial charge in [-0.3, -0.25) is 4.79 Å². The van der Waals surface area contributed by atoms with Crippen molar-refractivity contribution in [3.8, 4) is 0 Å². The number of fused-ring (bicyclic) bond motifs is 2. The molecule has 15 heavy (non-hydrogen) atoms. The van der Waals surface area contributed by atoms with Gasteiger partial charge < -0.3 is 5.11 Å². The summed E-state index contributed by atoms with van der Waals surface area (Å²) in [6.07, 6.45) is 0.368. The maximum Gasteiger partial charge on any atom is 0.415 e. The molecule has 1 aromatic rings. The van der Waals surface area contributed by atoms with Gasteiger partial charge in [-0.2, -0.15) is 0 Å². The number of carbonyl (C=O) groups is 2. The van der Waals surface area contributed by atoms with Gasteiger partial charge in [0.05, 0.1) is 14.9 Å². The maximum atomic E-state index is 11.8. The van der Waals surface area contributed by atoms with Crippen molar-refractivity contribution in [2.24, 2.45) is 0 Å². The highest BCUT2D eigenvalue weighted by molar-refractivity contribution is 9.11. The summed E-state index contributed by atoms with van der Waals surface area (Å²) in [5.74, 6) is -0.378. The van der Waals surface area contributed by atoms with Crippen molar-refractivity contribution in [2.75, 3.05) is 0 Å².